The van der Waals surface area contributed by atoms with Gasteiger partial charge in [-0.25, -0.2) is 9.97 Å². The van der Waals surface area contributed by atoms with Gasteiger partial charge in [-0.1, -0.05) is 30.3 Å². The summed E-state index contributed by atoms with van der Waals surface area (Å²) in [6.45, 7) is 3.86. The summed E-state index contributed by atoms with van der Waals surface area (Å²) in [6, 6.07) is 14.1. The molecule has 1 atom stereocenters. The van der Waals surface area contributed by atoms with Crippen LogP contribution in [0.1, 0.15) is 27.8 Å². The summed E-state index contributed by atoms with van der Waals surface area (Å²) < 4.78 is 1.68. The number of benzene rings is 1. The van der Waals surface area contributed by atoms with Gasteiger partial charge in [0.1, 0.15) is 5.82 Å². The number of fused-ring (bicyclic) bond motifs is 1. The topological polar surface area (TPSA) is 72.7 Å². The first-order valence-electron chi connectivity index (χ1n) is 9.54. The molecule has 0 spiro atoms. The van der Waals surface area contributed by atoms with E-state index in [2.05, 4.69) is 32.1 Å². The number of aryl methyl sites for hydroxylation is 2. The Morgan fingerprint density at radius 2 is 1.87 bits per heavy atom. The van der Waals surface area contributed by atoms with Crippen LogP contribution in [0.15, 0.2) is 53.2 Å². The number of thiophene rings is 1. The second kappa shape index (κ2) is 7.70. The Labute approximate surface area is 182 Å². The first-order valence-corrected chi connectivity index (χ1v) is 11.5. The fourth-order valence-corrected chi connectivity index (χ4v) is 5.54. The third-order valence-corrected chi connectivity index (χ3v) is 6.85. The second-order valence-corrected chi connectivity index (χ2v) is 9.01. The molecule has 0 saturated carbocycles. The van der Waals surface area contributed by atoms with E-state index in [9.17, 15) is 4.79 Å². The van der Waals surface area contributed by atoms with Crippen molar-refractivity contribution in [3.8, 4) is 17.2 Å². The van der Waals surface area contributed by atoms with Crippen molar-refractivity contribution < 1.29 is 4.79 Å². The molecule has 1 aliphatic rings. The smallest absolute Gasteiger partial charge is 0.252 e. The zero-order valence-electron chi connectivity index (χ0n) is 16.5. The standard InChI is InChI=1S/C22H19N5OS2/c1-13-10-14(2)24-22(23-13)27-21-18(19(26-27)15-6-4-3-5-7-15)20(16-8-9-29-11-16)30-12-17(28)25-21/h3-11,20H,12H2,1-2H3,(H,25,28). The molecule has 1 aromatic carbocycles. The van der Waals surface area contributed by atoms with E-state index in [0.717, 1.165) is 28.2 Å². The van der Waals surface area contributed by atoms with Crippen molar-refractivity contribution in [3.05, 3.63) is 75.7 Å². The second-order valence-electron chi connectivity index (χ2n) is 7.14. The molecule has 0 saturated heterocycles. The Bertz CT molecular complexity index is 1200. The van der Waals surface area contributed by atoms with Gasteiger partial charge in [0.25, 0.3) is 5.95 Å². The summed E-state index contributed by atoms with van der Waals surface area (Å²) in [5.41, 5.74) is 5.69. The van der Waals surface area contributed by atoms with Gasteiger partial charge in [0.15, 0.2) is 0 Å². The molecule has 4 aromatic rings. The van der Waals surface area contributed by atoms with Gasteiger partial charge < -0.3 is 5.32 Å². The number of aromatic nitrogens is 4. The molecule has 4 heterocycles. The Balaban J connectivity index is 1.81. The first-order chi connectivity index (χ1) is 14.6. The van der Waals surface area contributed by atoms with Crippen molar-refractivity contribution in [2.75, 3.05) is 11.1 Å². The van der Waals surface area contributed by atoms with E-state index in [0.29, 0.717) is 17.5 Å². The normalized spacial score (nSPS) is 16.1. The molecule has 3 aromatic heterocycles. The van der Waals surface area contributed by atoms with Crippen molar-refractivity contribution >= 4 is 34.8 Å². The average molecular weight is 434 g/mol. The molecular weight excluding hydrogens is 414 g/mol. The maximum Gasteiger partial charge on any atom is 0.252 e. The van der Waals surface area contributed by atoms with Gasteiger partial charge in [0.2, 0.25) is 5.91 Å². The highest BCUT2D eigenvalue weighted by molar-refractivity contribution is 8.00. The molecule has 150 valence electrons. The molecule has 1 aliphatic heterocycles. The fraction of sp³-hybridized carbons (Fsp3) is 0.182. The van der Waals surface area contributed by atoms with E-state index < -0.39 is 0 Å². The molecule has 1 amide bonds. The van der Waals surface area contributed by atoms with Gasteiger partial charge in [-0.3, -0.25) is 4.79 Å². The van der Waals surface area contributed by atoms with E-state index in [4.69, 9.17) is 5.10 Å². The Hall–Kier alpha value is -2.97. The highest BCUT2D eigenvalue weighted by atomic mass is 32.2. The fourth-order valence-electron chi connectivity index (χ4n) is 3.65. The lowest BCUT2D eigenvalue weighted by atomic mass is 10.0. The Morgan fingerprint density at radius 3 is 2.57 bits per heavy atom. The largest absolute Gasteiger partial charge is 0.309 e. The molecule has 0 radical (unpaired) electrons. The summed E-state index contributed by atoms with van der Waals surface area (Å²) in [6.07, 6.45) is 0. The SMILES string of the molecule is Cc1cc(C)nc(-n2nc(-c3ccccc3)c3c2NC(=O)CSC3c2ccsc2)n1. The number of nitrogens with one attached hydrogen (secondary N) is 1. The van der Waals surface area contributed by atoms with Crippen LogP contribution in [0.25, 0.3) is 17.2 Å². The highest BCUT2D eigenvalue weighted by Crippen LogP contribution is 2.47. The number of hydrogen-bond acceptors (Lipinski definition) is 6. The summed E-state index contributed by atoms with van der Waals surface area (Å²) in [4.78, 5) is 21.8. The maximum atomic E-state index is 12.6. The van der Waals surface area contributed by atoms with Crippen LogP contribution in [0.2, 0.25) is 0 Å². The van der Waals surface area contributed by atoms with Gasteiger partial charge >= 0.3 is 0 Å². The minimum atomic E-state index is -0.0517. The first kappa shape index (κ1) is 19.0. The van der Waals surface area contributed by atoms with Crippen LogP contribution in [0.4, 0.5) is 5.82 Å². The average Bonchev–Trinajstić information content (AvgIpc) is 3.34. The van der Waals surface area contributed by atoms with Crippen LogP contribution in [-0.4, -0.2) is 31.4 Å². The summed E-state index contributed by atoms with van der Waals surface area (Å²) >= 11 is 3.27. The van der Waals surface area contributed by atoms with Gasteiger partial charge in [-0.15, -0.1) is 11.8 Å². The molecule has 0 bridgehead atoms. The van der Waals surface area contributed by atoms with Gasteiger partial charge in [-0.05, 0) is 42.3 Å². The Kier molecular flexibility index (Phi) is 4.88. The van der Waals surface area contributed by atoms with Crippen LogP contribution in [0, 0.1) is 13.8 Å². The third-order valence-electron chi connectivity index (χ3n) is 4.88. The quantitative estimate of drug-likeness (QED) is 0.503. The predicted molar refractivity (Wildman–Crippen MR) is 121 cm³/mol. The monoisotopic (exact) mass is 433 g/mol. The number of hydrogen-bond donors (Lipinski definition) is 1. The number of nitrogens with zero attached hydrogens (tertiary/aromatic N) is 4. The van der Waals surface area contributed by atoms with Gasteiger partial charge in [-0.2, -0.15) is 21.1 Å². The van der Waals surface area contributed by atoms with Crippen molar-refractivity contribution in [1.29, 1.82) is 0 Å². The minimum absolute atomic E-state index is 0.0138. The molecular formula is C22H19N5OS2. The third kappa shape index (κ3) is 3.42. The van der Waals surface area contributed by atoms with Crippen LogP contribution >= 0.6 is 23.1 Å². The van der Waals surface area contributed by atoms with Gasteiger partial charge in [0.05, 0.1) is 16.7 Å². The number of thioether (sulfide) groups is 1. The van der Waals surface area contributed by atoms with E-state index in [1.165, 1.54) is 5.56 Å². The summed E-state index contributed by atoms with van der Waals surface area (Å²) in [5.74, 6) is 1.42. The minimum Gasteiger partial charge on any atom is -0.309 e. The van der Waals surface area contributed by atoms with E-state index in [-0.39, 0.29) is 11.2 Å². The zero-order chi connectivity index (χ0) is 20.7. The van der Waals surface area contributed by atoms with E-state index >= 15 is 0 Å². The number of rotatable bonds is 3. The van der Waals surface area contributed by atoms with Crippen LogP contribution in [-0.2, 0) is 4.79 Å². The van der Waals surface area contributed by atoms with Crippen LogP contribution < -0.4 is 5.32 Å². The predicted octanol–water partition coefficient (Wildman–Crippen LogP) is 4.78. The van der Waals surface area contributed by atoms with E-state index in [1.807, 2.05) is 50.2 Å². The van der Waals surface area contributed by atoms with Crippen LogP contribution in [0.3, 0.4) is 0 Å². The maximum absolute atomic E-state index is 12.6. The van der Waals surface area contributed by atoms with Crippen LogP contribution in [0.5, 0.6) is 0 Å². The molecule has 1 N–H and O–H groups in total. The number of anilines is 1. The summed E-state index contributed by atoms with van der Waals surface area (Å²) in [5, 5.41) is 12.2. The molecule has 30 heavy (non-hydrogen) atoms. The molecule has 0 aliphatic carbocycles. The molecule has 5 rings (SSSR count). The van der Waals surface area contributed by atoms with Gasteiger partial charge in [0, 0.05) is 22.5 Å². The molecule has 8 heteroatoms. The van der Waals surface area contributed by atoms with Crippen molar-refractivity contribution in [3.63, 3.8) is 0 Å². The lowest BCUT2D eigenvalue weighted by Crippen LogP contribution is -2.17. The lowest BCUT2D eigenvalue weighted by molar-refractivity contribution is -0.113. The number of carbonyl (C=O) groups is 1. The highest BCUT2D eigenvalue weighted by Gasteiger charge is 2.33. The van der Waals surface area contributed by atoms with Crippen molar-refractivity contribution in [1.82, 2.24) is 19.7 Å². The van der Waals surface area contributed by atoms with Crippen molar-refractivity contribution in [2.45, 2.75) is 19.1 Å². The Morgan fingerprint density at radius 1 is 1.10 bits per heavy atom. The van der Waals surface area contributed by atoms with E-state index in [1.54, 1.807) is 27.8 Å². The number of amides is 1. The molecule has 1 unspecified atom stereocenters. The van der Waals surface area contributed by atoms with Crippen molar-refractivity contribution in [2.24, 2.45) is 0 Å². The number of carbonyl (C=O) groups excluding carboxylic acids is 1. The molecule has 0 fully saturated rings. The summed E-state index contributed by atoms with van der Waals surface area (Å²) in [7, 11) is 0. The molecule has 6 nitrogen and oxygen atoms in total. The zero-order valence-corrected chi connectivity index (χ0v) is 18.1. The lowest BCUT2D eigenvalue weighted by Gasteiger charge is -2.14.